The molecule has 3 nitrogen and oxygen atoms in total. The molecule has 3 rings (SSSR count). The minimum absolute atomic E-state index is 0.0593. The molecule has 0 aromatic carbocycles. The number of halogens is 1. The molecule has 1 N–H and O–H groups in total. The van der Waals surface area contributed by atoms with Crippen LogP contribution in [0.2, 0.25) is 0 Å². The van der Waals surface area contributed by atoms with Crippen LogP contribution in [0.5, 0.6) is 0 Å². The van der Waals surface area contributed by atoms with Crippen LogP contribution in [-0.2, 0) is 6.42 Å². The van der Waals surface area contributed by atoms with Crippen molar-refractivity contribution in [1.82, 2.24) is 9.97 Å². The number of nitrogens with one attached hydrogen (secondary N) is 1. The van der Waals surface area contributed by atoms with E-state index in [-0.39, 0.29) is 5.56 Å². The molecular formula is C15H21IN2O. The highest BCUT2D eigenvalue weighted by Gasteiger charge is 2.41. The second kappa shape index (κ2) is 5.19. The quantitative estimate of drug-likeness (QED) is 0.826. The number of fused-ring (bicyclic) bond motifs is 2. The number of nitrogens with zero attached hydrogens (tertiary/aromatic N) is 1. The Morgan fingerprint density at radius 3 is 2.74 bits per heavy atom. The third-order valence-corrected chi connectivity index (χ3v) is 5.75. The highest BCUT2D eigenvalue weighted by atomic mass is 127. The highest BCUT2D eigenvalue weighted by molar-refractivity contribution is 14.1. The smallest absolute Gasteiger partial charge is 0.264 e. The molecule has 3 atom stereocenters. The van der Waals surface area contributed by atoms with Gasteiger partial charge in [0.25, 0.3) is 5.56 Å². The third kappa shape index (κ3) is 2.60. The van der Waals surface area contributed by atoms with Crippen LogP contribution >= 0.6 is 22.6 Å². The van der Waals surface area contributed by atoms with Crippen LogP contribution in [-0.4, -0.2) is 9.97 Å². The average Bonchev–Trinajstić information content (AvgIpc) is 2.96. The molecule has 0 aliphatic heterocycles. The molecule has 1 aromatic heterocycles. The molecular weight excluding hydrogens is 351 g/mol. The lowest BCUT2D eigenvalue weighted by Crippen LogP contribution is -2.23. The fourth-order valence-electron chi connectivity index (χ4n) is 3.80. The van der Waals surface area contributed by atoms with Crippen molar-refractivity contribution in [2.24, 2.45) is 17.8 Å². The Hall–Kier alpha value is -0.390. The number of H-pyrrole nitrogens is 1. The predicted molar refractivity (Wildman–Crippen MR) is 84.3 cm³/mol. The Kier molecular flexibility index (Phi) is 3.71. The Balaban J connectivity index is 1.94. The molecule has 0 saturated heterocycles. The third-order valence-electron chi connectivity index (χ3n) is 4.64. The zero-order valence-corrected chi connectivity index (χ0v) is 13.7. The summed E-state index contributed by atoms with van der Waals surface area (Å²) in [6.07, 6.45) is 6.18. The van der Waals surface area contributed by atoms with E-state index in [1.165, 1.54) is 25.7 Å². The van der Waals surface area contributed by atoms with E-state index < -0.39 is 0 Å². The van der Waals surface area contributed by atoms with Crippen LogP contribution in [0, 0.1) is 21.3 Å². The number of hydrogen-bond donors (Lipinski definition) is 1. The van der Waals surface area contributed by atoms with Crippen molar-refractivity contribution in [3.05, 3.63) is 25.4 Å². The lowest BCUT2D eigenvalue weighted by Gasteiger charge is -2.21. The van der Waals surface area contributed by atoms with Gasteiger partial charge < -0.3 is 4.98 Å². The summed E-state index contributed by atoms with van der Waals surface area (Å²) in [5.41, 5.74) is 1.06. The fraction of sp³-hybridized carbons (Fsp3) is 0.733. The van der Waals surface area contributed by atoms with Crippen molar-refractivity contribution in [3.63, 3.8) is 0 Å². The van der Waals surface area contributed by atoms with Crippen LogP contribution in [0.25, 0.3) is 0 Å². The van der Waals surface area contributed by atoms with Crippen molar-refractivity contribution in [1.29, 1.82) is 0 Å². The maximum Gasteiger partial charge on any atom is 0.264 e. The zero-order chi connectivity index (χ0) is 13.6. The summed E-state index contributed by atoms with van der Waals surface area (Å²) >= 11 is 2.14. The van der Waals surface area contributed by atoms with E-state index in [0.29, 0.717) is 11.8 Å². The first kappa shape index (κ1) is 13.6. The van der Waals surface area contributed by atoms with E-state index in [4.69, 9.17) is 4.98 Å². The average molecular weight is 372 g/mol. The Labute approximate surface area is 127 Å². The first-order valence-corrected chi connectivity index (χ1v) is 8.41. The van der Waals surface area contributed by atoms with Crippen LogP contribution in [0.3, 0.4) is 0 Å². The normalized spacial score (nSPS) is 29.4. The molecule has 104 valence electrons. The van der Waals surface area contributed by atoms with Gasteiger partial charge in [0.2, 0.25) is 0 Å². The monoisotopic (exact) mass is 372 g/mol. The van der Waals surface area contributed by atoms with Crippen LogP contribution in [0.4, 0.5) is 0 Å². The Morgan fingerprint density at radius 2 is 2.16 bits per heavy atom. The predicted octanol–water partition coefficient (Wildman–Crippen LogP) is 3.48. The van der Waals surface area contributed by atoms with E-state index in [0.717, 1.165) is 33.3 Å². The molecule has 4 heteroatoms. The maximum atomic E-state index is 12.1. The molecule has 2 aliphatic carbocycles. The molecule has 1 heterocycles. The minimum Gasteiger partial charge on any atom is -0.309 e. The summed E-state index contributed by atoms with van der Waals surface area (Å²) < 4.78 is 0.776. The van der Waals surface area contributed by atoms with Crippen LogP contribution in [0.1, 0.15) is 57.0 Å². The standard InChI is InChI=1S/C15H21IN2O/c1-8(2)5-12-13(16)15(19)18-14(17-12)11-7-9-3-4-10(11)6-9/h8-11H,3-7H2,1-2H3,(H,17,18,19). The van der Waals surface area contributed by atoms with Gasteiger partial charge in [-0.15, -0.1) is 0 Å². The van der Waals surface area contributed by atoms with Crippen molar-refractivity contribution < 1.29 is 0 Å². The van der Waals surface area contributed by atoms with Crippen molar-refractivity contribution in [3.8, 4) is 0 Å². The second-order valence-corrected chi connectivity index (χ2v) is 7.67. The van der Waals surface area contributed by atoms with Crippen molar-refractivity contribution in [2.45, 2.75) is 51.9 Å². The minimum atomic E-state index is 0.0593. The lowest BCUT2D eigenvalue weighted by atomic mass is 9.88. The maximum absolute atomic E-state index is 12.1. The molecule has 2 fully saturated rings. The summed E-state index contributed by atoms with van der Waals surface area (Å²) in [6.45, 7) is 4.35. The van der Waals surface area contributed by atoms with Gasteiger partial charge in [-0.3, -0.25) is 4.79 Å². The van der Waals surface area contributed by atoms with E-state index in [1.54, 1.807) is 0 Å². The SMILES string of the molecule is CC(C)Cc1nc(C2CC3CCC2C3)[nH]c(=O)c1I. The summed E-state index contributed by atoms with van der Waals surface area (Å²) in [7, 11) is 0. The topological polar surface area (TPSA) is 45.8 Å². The Morgan fingerprint density at radius 1 is 1.37 bits per heavy atom. The number of aromatic amines is 1. The van der Waals surface area contributed by atoms with Gasteiger partial charge in [0, 0.05) is 5.92 Å². The van der Waals surface area contributed by atoms with E-state index in [9.17, 15) is 4.79 Å². The number of rotatable bonds is 3. The molecule has 2 aliphatic rings. The van der Waals surface area contributed by atoms with Gasteiger partial charge in [-0.1, -0.05) is 20.3 Å². The molecule has 0 spiro atoms. The van der Waals surface area contributed by atoms with Gasteiger partial charge in [-0.25, -0.2) is 4.98 Å². The van der Waals surface area contributed by atoms with E-state index in [1.807, 2.05) is 0 Å². The first-order valence-electron chi connectivity index (χ1n) is 7.33. The zero-order valence-electron chi connectivity index (χ0n) is 11.6. The summed E-state index contributed by atoms with van der Waals surface area (Å²) in [5, 5.41) is 0. The molecule has 19 heavy (non-hydrogen) atoms. The first-order chi connectivity index (χ1) is 9.04. The molecule has 3 unspecified atom stereocenters. The van der Waals surface area contributed by atoms with E-state index in [2.05, 4.69) is 41.4 Å². The van der Waals surface area contributed by atoms with Gasteiger partial charge in [-0.2, -0.15) is 0 Å². The van der Waals surface area contributed by atoms with Crippen molar-refractivity contribution >= 4 is 22.6 Å². The summed E-state index contributed by atoms with van der Waals surface area (Å²) in [5.74, 6) is 3.66. The Bertz CT molecular complexity index is 537. The molecule has 2 bridgehead atoms. The fourth-order valence-corrected chi connectivity index (χ4v) is 4.28. The van der Waals surface area contributed by atoms with Crippen LogP contribution in [0.15, 0.2) is 4.79 Å². The number of hydrogen-bond acceptors (Lipinski definition) is 2. The molecule has 0 amide bonds. The molecule has 0 radical (unpaired) electrons. The van der Waals surface area contributed by atoms with Gasteiger partial charge in [-0.05, 0) is 66.0 Å². The van der Waals surface area contributed by atoms with E-state index >= 15 is 0 Å². The van der Waals surface area contributed by atoms with Crippen LogP contribution < -0.4 is 5.56 Å². The van der Waals surface area contributed by atoms with Gasteiger partial charge in [0.1, 0.15) is 5.82 Å². The molecule has 1 aromatic rings. The van der Waals surface area contributed by atoms with Crippen molar-refractivity contribution in [2.75, 3.05) is 0 Å². The lowest BCUT2D eigenvalue weighted by molar-refractivity contribution is 0.403. The highest BCUT2D eigenvalue weighted by Crippen LogP contribution is 2.51. The summed E-state index contributed by atoms with van der Waals surface area (Å²) in [4.78, 5) is 20.0. The second-order valence-electron chi connectivity index (χ2n) is 6.59. The summed E-state index contributed by atoms with van der Waals surface area (Å²) in [6, 6.07) is 0. The van der Waals surface area contributed by atoms with Gasteiger partial charge in [0.05, 0.1) is 9.26 Å². The van der Waals surface area contributed by atoms with Gasteiger partial charge >= 0.3 is 0 Å². The largest absolute Gasteiger partial charge is 0.309 e. The van der Waals surface area contributed by atoms with Gasteiger partial charge in [0.15, 0.2) is 0 Å². The molecule has 2 saturated carbocycles. The number of aromatic nitrogens is 2.